The minimum absolute atomic E-state index is 0.164. The van der Waals surface area contributed by atoms with E-state index in [4.69, 9.17) is 5.73 Å². The molecule has 0 radical (unpaired) electrons. The first kappa shape index (κ1) is 15.1. The van der Waals surface area contributed by atoms with Crippen molar-refractivity contribution >= 4 is 0 Å². The molecule has 0 aromatic heterocycles. The quantitative estimate of drug-likeness (QED) is 0.843. The molecule has 0 heterocycles. The Kier molecular flexibility index (Phi) is 5.76. The highest BCUT2D eigenvalue weighted by molar-refractivity contribution is 5.26. The average Bonchev–Trinajstić information content (AvgIpc) is 2.30. The van der Waals surface area contributed by atoms with Crippen molar-refractivity contribution in [3.8, 4) is 0 Å². The zero-order valence-corrected chi connectivity index (χ0v) is 11.9. The molecule has 3 heteroatoms. The summed E-state index contributed by atoms with van der Waals surface area (Å²) in [5.41, 5.74) is 8.21. The van der Waals surface area contributed by atoms with E-state index >= 15 is 0 Å². The lowest BCUT2D eigenvalue weighted by Gasteiger charge is -2.22. The van der Waals surface area contributed by atoms with Crippen molar-refractivity contribution in [2.24, 2.45) is 11.7 Å². The Balaban J connectivity index is 2.49. The number of rotatable bonds is 6. The van der Waals surface area contributed by atoms with Crippen LogP contribution >= 0.6 is 0 Å². The van der Waals surface area contributed by atoms with Crippen LogP contribution in [0.5, 0.6) is 0 Å². The third-order valence-corrected chi connectivity index (χ3v) is 3.45. The smallest absolute Gasteiger partial charge is 0.123 e. The molecular formula is C15H25FN2. The number of hydrogen-bond donors (Lipinski definition) is 1. The molecule has 2 nitrogen and oxygen atoms in total. The SMILES string of the molecule is Cc1ccc(F)cc1CN(C)CCC(N)C(C)C. The summed E-state index contributed by atoms with van der Waals surface area (Å²) in [5.74, 6) is 0.345. The number of nitrogens with two attached hydrogens (primary N) is 1. The monoisotopic (exact) mass is 252 g/mol. The van der Waals surface area contributed by atoms with Gasteiger partial charge in [-0.1, -0.05) is 19.9 Å². The summed E-state index contributed by atoms with van der Waals surface area (Å²) < 4.78 is 13.2. The molecule has 1 rings (SSSR count). The Bertz CT molecular complexity index is 377. The second-order valence-corrected chi connectivity index (χ2v) is 5.51. The highest BCUT2D eigenvalue weighted by Gasteiger charge is 2.10. The summed E-state index contributed by atoms with van der Waals surface area (Å²) in [6.45, 7) is 8.01. The van der Waals surface area contributed by atoms with E-state index in [0.29, 0.717) is 5.92 Å². The Morgan fingerprint density at radius 2 is 2.00 bits per heavy atom. The zero-order valence-electron chi connectivity index (χ0n) is 11.9. The van der Waals surface area contributed by atoms with Crippen LogP contribution in [0.25, 0.3) is 0 Å². The topological polar surface area (TPSA) is 29.3 Å². The van der Waals surface area contributed by atoms with Gasteiger partial charge >= 0.3 is 0 Å². The van der Waals surface area contributed by atoms with Gasteiger partial charge < -0.3 is 10.6 Å². The highest BCUT2D eigenvalue weighted by atomic mass is 19.1. The summed E-state index contributed by atoms with van der Waals surface area (Å²) >= 11 is 0. The molecule has 0 saturated heterocycles. The molecule has 0 bridgehead atoms. The van der Waals surface area contributed by atoms with Gasteiger partial charge in [-0.05, 0) is 56.1 Å². The van der Waals surface area contributed by atoms with E-state index < -0.39 is 0 Å². The van der Waals surface area contributed by atoms with E-state index in [1.165, 1.54) is 6.07 Å². The largest absolute Gasteiger partial charge is 0.327 e. The van der Waals surface area contributed by atoms with E-state index in [9.17, 15) is 4.39 Å². The van der Waals surface area contributed by atoms with Crippen molar-refractivity contribution in [3.05, 3.63) is 35.1 Å². The van der Waals surface area contributed by atoms with Gasteiger partial charge in [0.25, 0.3) is 0 Å². The number of aryl methyl sites for hydroxylation is 1. The summed E-state index contributed by atoms with van der Waals surface area (Å²) in [6.07, 6.45) is 0.975. The lowest BCUT2D eigenvalue weighted by Crippen LogP contribution is -2.31. The van der Waals surface area contributed by atoms with Crippen LogP contribution in [0.4, 0.5) is 4.39 Å². The first-order valence-corrected chi connectivity index (χ1v) is 6.59. The van der Waals surface area contributed by atoms with Gasteiger partial charge in [-0.15, -0.1) is 0 Å². The van der Waals surface area contributed by atoms with Crippen LogP contribution in [0.2, 0.25) is 0 Å². The van der Waals surface area contributed by atoms with Gasteiger partial charge in [0.1, 0.15) is 5.82 Å². The van der Waals surface area contributed by atoms with E-state index in [0.717, 1.165) is 30.6 Å². The van der Waals surface area contributed by atoms with Crippen molar-refractivity contribution in [1.82, 2.24) is 4.90 Å². The maximum Gasteiger partial charge on any atom is 0.123 e. The third kappa shape index (κ3) is 4.75. The van der Waals surface area contributed by atoms with E-state index in [2.05, 4.69) is 25.8 Å². The average molecular weight is 252 g/mol. The second kappa shape index (κ2) is 6.86. The van der Waals surface area contributed by atoms with Gasteiger partial charge in [-0.2, -0.15) is 0 Å². The zero-order chi connectivity index (χ0) is 13.7. The summed E-state index contributed by atoms with van der Waals surface area (Å²) in [5, 5.41) is 0. The minimum Gasteiger partial charge on any atom is -0.327 e. The molecule has 0 aliphatic heterocycles. The molecule has 1 atom stereocenters. The van der Waals surface area contributed by atoms with Gasteiger partial charge in [0, 0.05) is 12.6 Å². The van der Waals surface area contributed by atoms with Gasteiger partial charge in [-0.3, -0.25) is 0 Å². The third-order valence-electron chi connectivity index (χ3n) is 3.45. The number of hydrogen-bond acceptors (Lipinski definition) is 2. The predicted molar refractivity (Wildman–Crippen MR) is 74.9 cm³/mol. The van der Waals surface area contributed by atoms with E-state index in [1.54, 1.807) is 6.07 Å². The summed E-state index contributed by atoms with van der Waals surface area (Å²) in [7, 11) is 2.05. The Labute approximate surface area is 110 Å². The molecule has 1 aromatic carbocycles. The fourth-order valence-corrected chi connectivity index (χ4v) is 1.88. The molecule has 0 fully saturated rings. The second-order valence-electron chi connectivity index (χ2n) is 5.51. The lowest BCUT2D eigenvalue weighted by molar-refractivity contribution is 0.295. The van der Waals surface area contributed by atoms with Crippen molar-refractivity contribution < 1.29 is 4.39 Å². The Hall–Kier alpha value is -0.930. The molecule has 0 amide bonds. The number of benzene rings is 1. The molecule has 1 aromatic rings. The van der Waals surface area contributed by atoms with Gasteiger partial charge in [0.15, 0.2) is 0 Å². The molecule has 0 aliphatic rings. The Morgan fingerprint density at radius 1 is 1.33 bits per heavy atom. The maximum atomic E-state index is 13.2. The fraction of sp³-hybridized carbons (Fsp3) is 0.600. The summed E-state index contributed by atoms with van der Waals surface area (Å²) in [6, 6.07) is 5.20. The van der Waals surface area contributed by atoms with Crippen molar-refractivity contribution in [2.45, 2.75) is 39.8 Å². The Morgan fingerprint density at radius 3 is 2.61 bits per heavy atom. The molecular weight excluding hydrogens is 227 g/mol. The van der Waals surface area contributed by atoms with Gasteiger partial charge in [-0.25, -0.2) is 4.39 Å². The molecule has 1 unspecified atom stereocenters. The van der Waals surface area contributed by atoms with Crippen LogP contribution in [-0.4, -0.2) is 24.5 Å². The van der Waals surface area contributed by atoms with Crippen molar-refractivity contribution in [2.75, 3.05) is 13.6 Å². The standard InChI is InChI=1S/C15H25FN2/c1-11(2)15(17)7-8-18(4)10-13-9-14(16)6-5-12(13)3/h5-6,9,11,15H,7-8,10,17H2,1-4H3. The summed E-state index contributed by atoms with van der Waals surface area (Å²) in [4.78, 5) is 2.20. The van der Waals surface area contributed by atoms with Gasteiger partial charge in [0.05, 0.1) is 0 Å². The van der Waals surface area contributed by atoms with Crippen LogP contribution in [0.3, 0.4) is 0 Å². The van der Waals surface area contributed by atoms with Crippen LogP contribution < -0.4 is 5.73 Å². The normalized spacial score (nSPS) is 13.3. The lowest BCUT2D eigenvalue weighted by atomic mass is 10.0. The van der Waals surface area contributed by atoms with Crippen LogP contribution in [0.15, 0.2) is 18.2 Å². The van der Waals surface area contributed by atoms with Crippen molar-refractivity contribution in [3.63, 3.8) is 0 Å². The minimum atomic E-state index is -0.164. The van der Waals surface area contributed by atoms with Crippen LogP contribution in [0.1, 0.15) is 31.4 Å². The van der Waals surface area contributed by atoms with E-state index in [1.807, 2.05) is 13.0 Å². The molecule has 102 valence electrons. The first-order valence-electron chi connectivity index (χ1n) is 6.59. The molecule has 0 aliphatic carbocycles. The number of halogens is 1. The molecule has 0 saturated carbocycles. The van der Waals surface area contributed by atoms with Crippen LogP contribution in [-0.2, 0) is 6.54 Å². The number of nitrogens with zero attached hydrogens (tertiary/aromatic N) is 1. The first-order chi connectivity index (χ1) is 8.40. The molecule has 18 heavy (non-hydrogen) atoms. The van der Waals surface area contributed by atoms with Crippen molar-refractivity contribution in [1.29, 1.82) is 0 Å². The fourth-order valence-electron chi connectivity index (χ4n) is 1.88. The molecule has 0 spiro atoms. The highest BCUT2D eigenvalue weighted by Crippen LogP contribution is 2.13. The van der Waals surface area contributed by atoms with Crippen LogP contribution in [0, 0.1) is 18.7 Å². The maximum absolute atomic E-state index is 13.2. The molecule has 2 N–H and O–H groups in total. The van der Waals surface area contributed by atoms with Gasteiger partial charge in [0.2, 0.25) is 0 Å². The predicted octanol–water partition coefficient (Wildman–Crippen LogP) is 2.94. The van der Waals surface area contributed by atoms with E-state index in [-0.39, 0.29) is 11.9 Å².